The zero-order chi connectivity index (χ0) is 15.4. The first-order valence-corrected chi connectivity index (χ1v) is 7.21. The summed E-state index contributed by atoms with van der Waals surface area (Å²) >= 11 is 0. The lowest BCUT2D eigenvalue weighted by Crippen LogP contribution is -2.45. The molecule has 0 aromatic heterocycles. The van der Waals surface area contributed by atoms with Crippen molar-refractivity contribution in [1.29, 1.82) is 0 Å². The van der Waals surface area contributed by atoms with Crippen LogP contribution >= 0.6 is 0 Å². The molecule has 0 saturated carbocycles. The first-order chi connectivity index (χ1) is 9.99. The molecular formula is C16H19F2NO2. The van der Waals surface area contributed by atoms with E-state index in [0.717, 1.165) is 25.3 Å². The second kappa shape index (κ2) is 6.78. The third kappa shape index (κ3) is 3.86. The number of piperidine rings is 1. The van der Waals surface area contributed by atoms with Crippen molar-refractivity contribution in [2.45, 2.75) is 45.1 Å². The minimum atomic E-state index is -0.967. The summed E-state index contributed by atoms with van der Waals surface area (Å²) in [5, 5.41) is 0. The van der Waals surface area contributed by atoms with E-state index in [1.54, 1.807) is 4.90 Å². The highest BCUT2D eigenvalue weighted by Gasteiger charge is 2.28. The van der Waals surface area contributed by atoms with Crippen LogP contribution in [0.5, 0.6) is 0 Å². The van der Waals surface area contributed by atoms with Crippen molar-refractivity contribution in [3.05, 3.63) is 35.4 Å². The van der Waals surface area contributed by atoms with Crippen molar-refractivity contribution in [3.8, 4) is 0 Å². The standard InChI is InChI=1S/C16H19F2NO2/c1-11(20)9-13-6-2-3-8-19(13)15(21)10-12-5-4-7-14(17)16(12)18/h4-5,7,13H,2-3,6,8-10H2,1H3. The molecule has 1 aliphatic heterocycles. The van der Waals surface area contributed by atoms with E-state index < -0.39 is 11.6 Å². The summed E-state index contributed by atoms with van der Waals surface area (Å²) in [6.45, 7) is 2.08. The number of amides is 1. The number of hydrogen-bond donors (Lipinski definition) is 0. The minimum Gasteiger partial charge on any atom is -0.339 e. The maximum absolute atomic E-state index is 13.6. The molecule has 0 N–H and O–H groups in total. The number of carbonyl (C=O) groups excluding carboxylic acids is 2. The van der Waals surface area contributed by atoms with Crippen molar-refractivity contribution in [3.63, 3.8) is 0 Å². The van der Waals surface area contributed by atoms with Gasteiger partial charge < -0.3 is 4.90 Å². The molecule has 0 radical (unpaired) electrons. The van der Waals surface area contributed by atoms with Gasteiger partial charge in [0.15, 0.2) is 11.6 Å². The van der Waals surface area contributed by atoms with Crippen LogP contribution in [0, 0.1) is 11.6 Å². The summed E-state index contributed by atoms with van der Waals surface area (Å²) in [6, 6.07) is 3.73. The predicted octanol–water partition coefficient (Wildman–Crippen LogP) is 2.87. The van der Waals surface area contributed by atoms with Crippen LogP contribution in [0.25, 0.3) is 0 Å². The van der Waals surface area contributed by atoms with E-state index in [0.29, 0.717) is 13.0 Å². The van der Waals surface area contributed by atoms with Gasteiger partial charge in [0.2, 0.25) is 5.91 Å². The Morgan fingerprint density at radius 2 is 2.05 bits per heavy atom. The lowest BCUT2D eigenvalue weighted by molar-refractivity contribution is -0.135. The fourth-order valence-electron chi connectivity index (χ4n) is 2.82. The molecule has 1 saturated heterocycles. The van der Waals surface area contributed by atoms with Gasteiger partial charge in [-0.15, -0.1) is 0 Å². The van der Waals surface area contributed by atoms with Gasteiger partial charge in [-0.25, -0.2) is 8.78 Å². The Labute approximate surface area is 122 Å². The predicted molar refractivity (Wildman–Crippen MR) is 74.7 cm³/mol. The van der Waals surface area contributed by atoms with Crippen molar-refractivity contribution < 1.29 is 18.4 Å². The molecule has 1 fully saturated rings. The Kier molecular flexibility index (Phi) is 5.04. The number of rotatable bonds is 4. The van der Waals surface area contributed by atoms with Crippen LogP contribution in [0.4, 0.5) is 8.78 Å². The third-order valence-corrected chi connectivity index (χ3v) is 3.84. The second-order valence-corrected chi connectivity index (χ2v) is 5.53. The normalized spacial score (nSPS) is 18.6. The van der Waals surface area contributed by atoms with Crippen molar-refractivity contribution in [2.75, 3.05) is 6.54 Å². The van der Waals surface area contributed by atoms with Gasteiger partial charge in [-0.2, -0.15) is 0 Å². The lowest BCUT2D eigenvalue weighted by atomic mass is 9.97. The van der Waals surface area contributed by atoms with Gasteiger partial charge in [0.25, 0.3) is 0 Å². The van der Waals surface area contributed by atoms with Crippen LogP contribution < -0.4 is 0 Å². The lowest BCUT2D eigenvalue weighted by Gasteiger charge is -2.35. The second-order valence-electron chi connectivity index (χ2n) is 5.53. The molecule has 0 bridgehead atoms. The van der Waals surface area contributed by atoms with Gasteiger partial charge in [0.1, 0.15) is 5.78 Å². The number of hydrogen-bond acceptors (Lipinski definition) is 2. The summed E-state index contributed by atoms with van der Waals surface area (Å²) in [5.41, 5.74) is 0.0622. The maximum atomic E-state index is 13.6. The molecule has 1 aromatic carbocycles. The topological polar surface area (TPSA) is 37.4 Å². The SMILES string of the molecule is CC(=O)CC1CCCCN1C(=O)Cc1cccc(F)c1F. The summed E-state index contributed by atoms with van der Waals surface area (Å²) in [7, 11) is 0. The Morgan fingerprint density at radius 3 is 2.76 bits per heavy atom. The molecule has 114 valence electrons. The zero-order valence-corrected chi connectivity index (χ0v) is 12.1. The summed E-state index contributed by atoms with van der Waals surface area (Å²) < 4.78 is 26.8. The fourth-order valence-corrected chi connectivity index (χ4v) is 2.82. The van der Waals surface area contributed by atoms with E-state index in [2.05, 4.69) is 0 Å². The van der Waals surface area contributed by atoms with Crippen LogP contribution in [0.2, 0.25) is 0 Å². The van der Waals surface area contributed by atoms with Crippen LogP contribution in [0.1, 0.15) is 38.2 Å². The Hall–Kier alpha value is -1.78. The molecule has 1 amide bonds. The summed E-state index contributed by atoms with van der Waals surface area (Å²) in [6.07, 6.45) is 2.81. The van der Waals surface area contributed by atoms with Crippen LogP contribution in [0.15, 0.2) is 18.2 Å². The van der Waals surface area contributed by atoms with Crippen LogP contribution in [0.3, 0.4) is 0 Å². The molecule has 0 spiro atoms. The highest BCUT2D eigenvalue weighted by Crippen LogP contribution is 2.22. The molecule has 1 unspecified atom stereocenters. The molecule has 5 heteroatoms. The molecule has 1 aliphatic rings. The van der Waals surface area contributed by atoms with E-state index in [1.807, 2.05) is 0 Å². The third-order valence-electron chi connectivity index (χ3n) is 3.84. The van der Waals surface area contributed by atoms with Crippen LogP contribution in [-0.2, 0) is 16.0 Å². The van der Waals surface area contributed by atoms with Gasteiger partial charge in [-0.1, -0.05) is 12.1 Å². The first-order valence-electron chi connectivity index (χ1n) is 7.21. The number of nitrogens with zero attached hydrogens (tertiary/aromatic N) is 1. The van der Waals surface area contributed by atoms with Gasteiger partial charge in [-0.05, 0) is 32.3 Å². The highest BCUT2D eigenvalue weighted by atomic mass is 19.2. The van der Waals surface area contributed by atoms with E-state index >= 15 is 0 Å². The van der Waals surface area contributed by atoms with Gasteiger partial charge in [0, 0.05) is 24.6 Å². The Morgan fingerprint density at radius 1 is 1.29 bits per heavy atom. The van der Waals surface area contributed by atoms with E-state index in [4.69, 9.17) is 0 Å². The number of likely N-dealkylation sites (tertiary alicyclic amines) is 1. The smallest absolute Gasteiger partial charge is 0.227 e. The van der Waals surface area contributed by atoms with Gasteiger partial charge >= 0.3 is 0 Å². The molecule has 2 rings (SSSR count). The molecule has 0 aliphatic carbocycles. The Bertz CT molecular complexity index is 545. The molecule has 21 heavy (non-hydrogen) atoms. The number of Topliss-reactive ketones (excluding diaryl/α,β-unsaturated/α-hetero) is 1. The van der Waals surface area contributed by atoms with Gasteiger partial charge in [0.05, 0.1) is 6.42 Å². The van der Waals surface area contributed by atoms with Gasteiger partial charge in [-0.3, -0.25) is 9.59 Å². The highest BCUT2D eigenvalue weighted by molar-refractivity contribution is 5.81. The van der Waals surface area contributed by atoms with Crippen LogP contribution in [-0.4, -0.2) is 29.2 Å². The largest absolute Gasteiger partial charge is 0.339 e. The average Bonchev–Trinajstić information content (AvgIpc) is 2.44. The maximum Gasteiger partial charge on any atom is 0.227 e. The minimum absolute atomic E-state index is 0.0386. The summed E-state index contributed by atoms with van der Waals surface area (Å²) in [4.78, 5) is 25.3. The molecular weight excluding hydrogens is 276 g/mol. The van der Waals surface area contributed by atoms with E-state index in [-0.39, 0.29) is 29.7 Å². The summed E-state index contributed by atoms with van der Waals surface area (Å²) in [5.74, 6) is -2.12. The molecule has 1 aromatic rings. The average molecular weight is 295 g/mol. The number of carbonyl (C=O) groups is 2. The Balaban J connectivity index is 2.10. The molecule has 1 heterocycles. The molecule has 3 nitrogen and oxygen atoms in total. The van der Waals surface area contributed by atoms with Crippen molar-refractivity contribution >= 4 is 11.7 Å². The number of ketones is 1. The van der Waals surface area contributed by atoms with E-state index in [9.17, 15) is 18.4 Å². The first kappa shape index (κ1) is 15.6. The quantitative estimate of drug-likeness (QED) is 0.856. The van der Waals surface area contributed by atoms with Crippen molar-refractivity contribution in [2.24, 2.45) is 0 Å². The zero-order valence-electron chi connectivity index (χ0n) is 12.1. The number of benzene rings is 1. The monoisotopic (exact) mass is 295 g/mol. The fraction of sp³-hybridized carbons (Fsp3) is 0.500. The molecule has 1 atom stereocenters. The van der Waals surface area contributed by atoms with Crippen molar-refractivity contribution in [1.82, 2.24) is 4.90 Å². The van der Waals surface area contributed by atoms with E-state index in [1.165, 1.54) is 19.1 Å². The number of halogens is 2.